The molecule has 23 heavy (non-hydrogen) atoms. The number of urea groups is 1. The van der Waals surface area contributed by atoms with Gasteiger partial charge in [0.2, 0.25) is 0 Å². The number of nitrogens with zero attached hydrogens (tertiary/aromatic N) is 3. The number of carbonyl (C=O) groups excluding carboxylic acids is 3. The fourth-order valence-electron chi connectivity index (χ4n) is 2.85. The van der Waals surface area contributed by atoms with Crippen LogP contribution in [-0.4, -0.2) is 46.3 Å². The van der Waals surface area contributed by atoms with E-state index in [9.17, 15) is 14.4 Å². The Balaban J connectivity index is 2.22. The van der Waals surface area contributed by atoms with E-state index in [1.807, 2.05) is 42.8 Å². The quantitative estimate of drug-likeness (QED) is 0.597. The third-order valence-electron chi connectivity index (χ3n) is 4.38. The van der Waals surface area contributed by atoms with Gasteiger partial charge in [0.25, 0.3) is 11.8 Å². The molecule has 1 aromatic carbocycles. The van der Waals surface area contributed by atoms with Gasteiger partial charge in [0.1, 0.15) is 5.57 Å². The van der Waals surface area contributed by atoms with Crippen LogP contribution in [0.3, 0.4) is 0 Å². The summed E-state index contributed by atoms with van der Waals surface area (Å²) in [5, 5.41) is 0.961. The van der Waals surface area contributed by atoms with Gasteiger partial charge < -0.3 is 4.57 Å². The number of rotatable bonds is 1. The highest BCUT2D eigenvalue weighted by Gasteiger charge is 2.38. The number of imide groups is 2. The van der Waals surface area contributed by atoms with Gasteiger partial charge in [0.15, 0.2) is 0 Å². The summed E-state index contributed by atoms with van der Waals surface area (Å²) in [5.74, 6) is -1.16. The van der Waals surface area contributed by atoms with Crippen LogP contribution in [0.25, 0.3) is 17.0 Å². The number of aromatic nitrogens is 1. The molecule has 6 heteroatoms. The molecule has 0 atom stereocenters. The van der Waals surface area contributed by atoms with E-state index in [1.165, 1.54) is 14.1 Å². The Labute approximate surface area is 133 Å². The topological polar surface area (TPSA) is 62.6 Å². The van der Waals surface area contributed by atoms with Gasteiger partial charge in [0.05, 0.1) is 0 Å². The lowest BCUT2D eigenvalue weighted by Gasteiger charge is -2.28. The number of hydrogen-bond donors (Lipinski definition) is 0. The summed E-state index contributed by atoms with van der Waals surface area (Å²) in [4.78, 5) is 38.4. The van der Waals surface area contributed by atoms with Crippen LogP contribution in [-0.2, 0) is 16.6 Å². The van der Waals surface area contributed by atoms with Crippen molar-refractivity contribution in [2.45, 2.75) is 6.92 Å². The molecule has 0 aliphatic carbocycles. The van der Waals surface area contributed by atoms with Crippen LogP contribution < -0.4 is 0 Å². The third kappa shape index (κ3) is 2.06. The number of fused-ring (bicyclic) bond motifs is 1. The predicted octanol–water partition coefficient (Wildman–Crippen LogP) is 1.92. The summed E-state index contributed by atoms with van der Waals surface area (Å²) in [5.41, 5.74) is 2.77. The van der Waals surface area contributed by atoms with Crippen molar-refractivity contribution in [3.63, 3.8) is 0 Å². The van der Waals surface area contributed by atoms with Crippen molar-refractivity contribution < 1.29 is 14.4 Å². The van der Waals surface area contributed by atoms with Crippen LogP contribution in [0.5, 0.6) is 0 Å². The second-order valence-corrected chi connectivity index (χ2v) is 5.64. The molecule has 1 aliphatic heterocycles. The van der Waals surface area contributed by atoms with Crippen LogP contribution in [0, 0.1) is 6.92 Å². The van der Waals surface area contributed by atoms with Crippen LogP contribution in [0.2, 0.25) is 0 Å². The van der Waals surface area contributed by atoms with Crippen LogP contribution in [0.1, 0.15) is 11.3 Å². The van der Waals surface area contributed by atoms with E-state index >= 15 is 0 Å². The molecule has 118 valence electrons. The molecule has 4 amide bonds. The standard InChI is InChI=1S/C17H17N3O3/c1-10-12(11-7-5-6-8-14(11)18(10)2)9-13-15(21)19(3)17(23)20(4)16(13)22/h5-9H,1-4H3. The molecular formula is C17H17N3O3. The Morgan fingerprint density at radius 3 is 2.09 bits per heavy atom. The van der Waals surface area contributed by atoms with Crippen molar-refractivity contribution in [2.75, 3.05) is 14.1 Å². The largest absolute Gasteiger partial charge is 0.347 e. The van der Waals surface area contributed by atoms with Gasteiger partial charge in [0, 0.05) is 43.3 Å². The maximum absolute atomic E-state index is 12.3. The lowest BCUT2D eigenvalue weighted by atomic mass is 10.0. The Morgan fingerprint density at radius 1 is 0.913 bits per heavy atom. The number of benzene rings is 1. The third-order valence-corrected chi connectivity index (χ3v) is 4.38. The first-order valence-electron chi connectivity index (χ1n) is 7.20. The van der Waals surface area contributed by atoms with Crippen molar-refractivity contribution in [3.8, 4) is 0 Å². The van der Waals surface area contributed by atoms with Crippen LogP contribution in [0.4, 0.5) is 4.79 Å². The van der Waals surface area contributed by atoms with E-state index < -0.39 is 17.8 Å². The zero-order valence-electron chi connectivity index (χ0n) is 13.5. The molecule has 0 radical (unpaired) electrons. The number of barbiturate groups is 1. The molecule has 1 aromatic heterocycles. The first kappa shape index (κ1) is 15.0. The van der Waals surface area contributed by atoms with Gasteiger partial charge in [-0.05, 0) is 19.1 Å². The summed E-state index contributed by atoms with van der Waals surface area (Å²) in [6, 6.07) is 7.17. The SMILES string of the molecule is Cc1c(C=C2C(=O)N(C)C(=O)N(C)C2=O)c2ccccc2n1C. The van der Waals surface area contributed by atoms with Crippen molar-refractivity contribution in [2.24, 2.45) is 7.05 Å². The van der Waals surface area contributed by atoms with Crippen molar-refractivity contribution >= 4 is 34.8 Å². The lowest BCUT2D eigenvalue weighted by molar-refractivity contribution is -0.134. The molecule has 0 saturated carbocycles. The fraction of sp³-hybridized carbons (Fsp3) is 0.235. The maximum Gasteiger partial charge on any atom is 0.333 e. The van der Waals surface area contributed by atoms with Crippen molar-refractivity contribution in [1.82, 2.24) is 14.4 Å². The molecule has 1 saturated heterocycles. The van der Waals surface area contributed by atoms with Crippen LogP contribution in [0.15, 0.2) is 29.8 Å². The molecule has 1 aliphatic rings. The fourth-order valence-corrected chi connectivity index (χ4v) is 2.85. The second kappa shape index (κ2) is 5.08. The highest BCUT2D eigenvalue weighted by atomic mass is 16.2. The second-order valence-electron chi connectivity index (χ2n) is 5.64. The molecule has 2 heterocycles. The van der Waals surface area contributed by atoms with Crippen molar-refractivity contribution in [3.05, 3.63) is 41.1 Å². The van der Waals surface area contributed by atoms with E-state index in [0.717, 1.165) is 32.0 Å². The van der Waals surface area contributed by atoms with E-state index in [-0.39, 0.29) is 5.57 Å². The molecule has 1 fully saturated rings. The smallest absolute Gasteiger partial charge is 0.333 e. The molecule has 0 bridgehead atoms. The van der Waals surface area contributed by atoms with E-state index in [4.69, 9.17) is 0 Å². The number of likely N-dealkylation sites (N-methyl/N-ethyl adjacent to an activating group) is 2. The molecule has 6 nitrogen and oxygen atoms in total. The summed E-state index contributed by atoms with van der Waals surface area (Å²) < 4.78 is 2.01. The Hall–Kier alpha value is -2.89. The van der Waals surface area contributed by atoms with Gasteiger partial charge in [-0.15, -0.1) is 0 Å². The summed E-state index contributed by atoms with van der Waals surface area (Å²) in [6.07, 6.45) is 1.59. The zero-order valence-corrected chi connectivity index (χ0v) is 13.5. The minimum atomic E-state index is -0.619. The molecule has 3 rings (SSSR count). The average molecular weight is 311 g/mol. The number of aryl methyl sites for hydroxylation is 1. The van der Waals surface area contributed by atoms with E-state index in [2.05, 4.69) is 0 Å². The number of para-hydroxylation sites is 1. The van der Waals surface area contributed by atoms with Crippen LogP contribution >= 0.6 is 0 Å². The molecule has 2 aromatic rings. The normalized spacial score (nSPS) is 15.8. The van der Waals surface area contributed by atoms with E-state index in [0.29, 0.717) is 0 Å². The zero-order chi connectivity index (χ0) is 16.9. The monoisotopic (exact) mass is 311 g/mol. The van der Waals surface area contributed by atoms with Gasteiger partial charge in [-0.3, -0.25) is 19.4 Å². The van der Waals surface area contributed by atoms with Gasteiger partial charge in [-0.2, -0.15) is 0 Å². The van der Waals surface area contributed by atoms with Gasteiger partial charge >= 0.3 is 6.03 Å². The minimum absolute atomic E-state index is 0.00551. The summed E-state index contributed by atoms with van der Waals surface area (Å²) in [6.45, 7) is 1.93. The predicted molar refractivity (Wildman–Crippen MR) is 86.6 cm³/mol. The highest BCUT2D eigenvalue weighted by Crippen LogP contribution is 2.28. The first-order chi connectivity index (χ1) is 10.8. The maximum atomic E-state index is 12.3. The molecule has 0 N–H and O–H groups in total. The van der Waals surface area contributed by atoms with Gasteiger partial charge in [-0.1, -0.05) is 18.2 Å². The number of carbonyl (C=O) groups is 3. The Morgan fingerprint density at radius 2 is 1.48 bits per heavy atom. The molecule has 0 unspecified atom stereocenters. The Bertz CT molecular complexity index is 866. The number of amides is 4. The molecular weight excluding hydrogens is 294 g/mol. The summed E-state index contributed by atoms with van der Waals surface area (Å²) >= 11 is 0. The first-order valence-corrected chi connectivity index (χ1v) is 7.20. The number of hydrogen-bond acceptors (Lipinski definition) is 3. The van der Waals surface area contributed by atoms with Gasteiger partial charge in [-0.25, -0.2) is 4.79 Å². The minimum Gasteiger partial charge on any atom is -0.347 e. The van der Waals surface area contributed by atoms with Crippen molar-refractivity contribution in [1.29, 1.82) is 0 Å². The average Bonchev–Trinajstić information content (AvgIpc) is 2.80. The highest BCUT2D eigenvalue weighted by molar-refractivity contribution is 6.31. The lowest BCUT2D eigenvalue weighted by Crippen LogP contribution is -2.52. The Kier molecular flexibility index (Phi) is 3.32. The summed E-state index contributed by atoms with van der Waals surface area (Å²) in [7, 11) is 4.68. The van der Waals surface area contributed by atoms with E-state index in [1.54, 1.807) is 6.08 Å². The molecule has 0 spiro atoms.